The lowest BCUT2D eigenvalue weighted by Gasteiger charge is -2.18. The van der Waals surface area contributed by atoms with Gasteiger partial charge in [-0.25, -0.2) is 0 Å². The van der Waals surface area contributed by atoms with Gasteiger partial charge >= 0.3 is 17.9 Å². The third-order valence-electron chi connectivity index (χ3n) is 13.0. The van der Waals surface area contributed by atoms with Gasteiger partial charge in [0.15, 0.2) is 6.10 Å². The molecule has 0 aliphatic carbocycles. The summed E-state index contributed by atoms with van der Waals surface area (Å²) in [7, 11) is 0. The Bertz CT molecular complexity index is 1440. The van der Waals surface area contributed by atoms with Crippen molar-refractivity contribution in [2.75, 3.05) is 13.2 Å². The Labute approximate surface area is 451 Å². The molecule has 0 radical (unpaired) electrons. The van der Waals surface area contributed by atoms with Crippen molar-refractivity contribution in [2.24, 2.45) is 0 Å². The number of hydrogen-bond donors (Lipinski definition) is 0. The number of rotatable bonds is 55. The molecule has 0 saturated carbocycles. The maximum atomic E-state index is 12.9. The van der Waals surface area contributed by atoms with Crippen LogP contribution in [0.2, 0.25) is 0 Å². The van der Waals surface area contributed by atoms with Crippen molar-refractivity contribution in [3.8, 4) is 0 Å². The first-order valence-electron chi connectivity index (χ1n) is 30.7. The first kappa shape index (κ1) is 69.3. The molecule has 1 unspecified atom stereocenters. The molecule has 0 aromatic heterocycles. The lowest BCUT2D eigenvalue weighted by atomic mass is 10.1. The number of allylic oxidation sites excluding steroid dienone is 16. The molecule has 0 amide bonds. The van der Waals surface area contributed by atoms with Gasteiger partial charge < -0.3 is 14.2 Å². The molecule has 6 nitrogen and oxygen atoms in total. The van der Waals surface area contributed by atoms with E-state index in [9.17, 15) is 14.4 Å². The topological polar surface area (TPSA) is 78.9 Å². The van der Waals surface area contributed by atoms with Crippen molar-refractivity contribution < 1.29 is 28.6 Å². The molecule has 0 heterocycles. The minimum atomic E-state index is -0.791. The summed E-state index contributed by atoms with van der Waals surface area (Å²) < 4.78 is 16.9. The summed E-state index contributed by atoms with van der Waals surface area (Å²) in [5.74, 6) is -0.906. The highest BCUT2D eigenvalue weighted by molar-refractivity contribution is 5.71. The summed E-state index contributed by atoms with van der Waals surface area (Å²) >= 11 is 0. The zero-order valence-electron chi connectivity index (χ0n) is 47.9. The maximum absolute atomic E-state index is 12.9. The third kappa shape index (κ3) is 59.1. The van der Waals surface area contributed by atoms with Gasteiger partial charge in [-0.05, 0) is 122 Å². The van der Waals surface area contributed by atoms with Crippen LogP contribution in [0.25, 0.3) is 0 Å². The summed E-state index contributed by atoms with van der Waals surface area (Å²) in [5.41, 5.74) is 0. The van der Waals surface area contributed by atoms with Crippen LogP contribution in [0.15, 0.2) is 97.2 Å². The van der Waals surface area contributed by atoms with Crippen molar-refractivity contribution >= 4 is 17.9 Å². The molecule has 0 N–H and O–H groups in total. The second-order valence-electron chi connectivity index (χ2n) is 20.2. The minimum Gasteiger partial charge on any atom is -0.462 e. The molecule has 418 valence electrons. The molecule has 0 rings (SSSR count). The van der Waals surface area contributed by atoms with Crippen molar-refractivity contribution in [2.45, 2.75) is 297 Å². The van der Waals surface area contributed by atoms with Crippen LogP contribution >= 0.6 is 0 Å². The molecule has 0 fully saturated rings. The highest BCUT2D eigenvalue weighted by Crippen LogP contribution is 2.15. The van der Waals surface area contributed by atoms with E-state index in [1.54, 1.807) is 0 Å². The molecule has 6 heteroatoms. The largest absolute Gasteiger partial charge is 0.462 e. The Balaban J connectivity index is 4.41. The van der Waals surface area contributed by atoms with Crippen LogP contribution in [0.3, 0.4) is 0 Å². The van der Waals surface area contributed by atoms with Gasteiger partial charge in [0.25, 0.3) is 0 Å². The molecule has 0 aliphatic rings. The van der Waals surface area contributed by atoms with E-state index >= 15 is 0 Å². The summed E-state index contributed by atoms with van der Waals surface area (Å²) in [6.45, 7) is 6.47. The number of carbonyl (C=O) groups is 3. The highest BCUT2D eigenvalue weighted by atomic mass is 16.6. The smallest absolute Gasteiger partial charge is 0.306 e. The molecule has 73 heavy (non-hydrogen) atoms. The molecule has 0 aromatic rings. The third-order valence-corrected chi connectivity index (χ3v) is 13.0. The van der Waals surface area contributed by atoms with Gasteiger partial charge in [0.1, 0.15) is 13.2 Å². The van der Waals surface area contributed by atoms with Gasteiger partial charge in [0.05, 0.1) is 0 Å². The van der Waals surface area contributed by atoms with Gasteiger partial charge in [-0.15, -0.1) is 0 Å². The van der Waals surface area contributed by atoms with Gasteiger partial charge in [-0.3, -0.25) is 14.4 Å². The van der Waals surface area contributed by atoms with E-state index < -0.39 is 6.10 Å². The Hall–Kier alpha value is -3.67. The second kappa shape index (κ2) is 60.9. The molecule has 0 saturated heterocycles. The van der Waals surface area contributed by atoms with Gasteiger partial charge in [-0.2, -0.15) is 0 Å². The summed E-state index contributed by atoms with van der Waals surface area (Å²) in [6.07, 6.45) is 81.1. The zero-order chi connectivity index (χ0) is 52.9. The SMILES string of the molecule is CC/C=C\C/C=C\C/C=C\C/C=C\CCCCCCCCCCC(=O)OCC(COC(=O)CCCCCCC/C=C\C/C=C\CCCCC)OC(=O)CCCCCCCCCCC/C=C\C/C=C\CCCCC. The van der Waals surface area contributed by atoms with Crippen LogP contribution in [0.4, 0.5) is 0 Å². The fourth-order valence-corrected chi connectivity index (χ4v) is 8.44. The lowest BCUT2D eigenvalue weighted by Crippen LogP contribution is -2.30. The maximum Gasteiger partial charge on any atom is 0.306 e. The van der Waals surface area contributed by atoms with E-state index in [-0.39, 0.29) is 31.1 Å². The number of unbranched alkanes of at least 4 members (excludes halogenated alkanes) is 28. The van der Waals surface area contributed by atoms with Crippen molar-refractivity contribution in [1.29, 1.82) is 0 Å². The van der Waals surface area contributed by atoms with Crippen LogP contribution in [0.5, 0.6) is 0 Å². The number of hydrogen-bond acceptors (Lipinski definition) is 6. The fourth-order valence-electron chi connectivity index (χ4n) is 8.44. The monoisotopic (exact) mass is 1010 g/mol. The average molecular weight is 1020 g/mol. The normalized spacial score (nSPS) is 12.8. The molecule has 0 aromatic carbocycles. The first-order valence-corrected chi connectivity index (χ1v) is 30.7. The Morgan fingerprint density at radius 3 is 0.836 bits per heavy atom. The molecule has 0 aliphatic heterocycles. The van der Waals surface area contributed by atoms with E-state index in [4.69, 9.17) is 14.2 Å². The van der Waals surface area contributed by atoms with Crippen LogP contribution in [-0.2, 0) is 28.6 Å². The number of esters is 3. The molecular formula is C67H114O6. The highest BCUT2D eigenvalue weighted by Gasteiger charge is 2.19. The number of carbonyl (C=O) groups excluding carboxylic acids is 3. The standard InChI is InChI=1S/C67H114O6/c1-4-7-10-13-16-19-22-25-28-30-32-33-35-36-39-42-45-48-51-54-57-60-66(69)72-63-64(62-71-65(68)59-56-53-50-47-44-41-38-27-24-21-18-15-12-9-6-3)73-67(70)61-58-55-52-49-46-43-40-37-34-31-29-26-23-20-17-14-11-8-5-2/h7,10,16-21,25-29,32-33,38,64H,4-6,8-9,11-15,22-24,30-31,34-37,39-63H2,1-3H3/b10-7-,19-16-,20-17-,21-18-,28-25-,29-26-,33-32-,38-27-. The van der Waals surface area contributed by atoms with E-state index in [1.165, 1.54) is 128 Å². The Morgan fingerprint density at radius 2 is 0.534 bits per heavy atom. The van der Waals surface area contributed by atoms with Crippen molar-refractivity contribution in [3.63, 3.8) is 0 Å². The predicted octanol–water partition coefficient (Wildman–Crippen LogP) is 20.9. The summed E-state index contributed by atoms with van der Waals surface area (Å²) in [4.78, 5) is 38.3. The summed E-state index contributed by atoms with van der Waals surface area (Å²) in [5, 5.41) is 0. The van der Waals surface area contributed by atoms with Crippen molar-refractivity contribution in [1.82, 2.24) is 0 Å². The average Bonchev–Trinajstić information content (AvgIpc) is 3.39. The quantitative estimate of drug-likeness (QED) is 0.0261. The van der Waals surface area contributed by atoms with E-state index in [0.717, 1.165) is 122 Å². The minimum absolute atomic E-state index is 0.0880. The lowest BCUT2D eigenvalue weighted by molar-refractivity contribution is -0.167. The molecular weight excluding hydrogens is 901 g/mol. The molecule has 0 spiro atoms. The summed E-state index contributed by atoms with van der Waals surface area (Å²) in [6, 6.07) is 0. The Morgan fingerprint density at radius 1 is 0.288 bits per heavy atom. The van der Waals surface area contributed by atoms with E-state index in [0.29, 0.717) is 19.3 Å². The Kier molecular flexibility index (Phi) is 57.8. The van der Waals surface area contributed by atoms with Crippen LogP contribution in [0.1, 0.15) is 290 Å². The van der Waals surface area contributed by atoms with Gasteiger partial charge in [0.2, 0.25) is 0 Å². The van der Waals surface area contributed by atoms with E-state index in [2.05, 4.69) is 118 Å². The van der Waals surface area contributed by atoms with Crippen molar-refractivity contribution in [3.05, 3.63) is 97.2 Å². The van der Waals surface area contributed by atoms with Crippen LogP contribution in [0, 0.1) is 0 Å². The van der Waals surface area contributed by atoms with Gasteiger partial charge in [0, 0.05) is 19.3 Å². The van der Waals surface area contributed by atoms with Crippen LogP contribution in [-0.4, -0.2) is 37.2 Å². The molecule has 0 bridgehead atoms. The predicted molar refractivity (Wildman–Crippen MR) is 316 cm³/mol. The number of ether oxygens (including phenoxy) is 3. The van der Waals surface area contributed by atoms with Gasteiger partial charge in [-0.1, -0.05) is 246 Å². The fraction of sp³-hybridized carbons (Fsp3) is 0.716. The van der Waals surface area contributed by atoms with E-state index in [1.807, 2.05) is 0 Å². The van der Waals surface area contributed by atoms with Crippen LogP contribution < -0.4 is 0 Å². The zero-order valence-corrected chi connectivity index (χ0v) is 47.9. The first-order chi connectivity index (χ1) is 36.0. The molecule has 1 atom stereocenters. The second-order valence-corrected chi connectivity index (χ2v) is 20.2.